The third-order valence-electron chi connectivity index (χ3n) is 3.18. The predicted octanol–water partition coefficient (Wildman–Crippen LogP) is 4.25. The molecular weight excluding hydrogens is 365 g/mol. The molecule has 132 valence electrons. The lowest BCUT2D eigenvalue weighted by Gasteiger charge is -2.15. The minimum absolute atomic E-state index is 0.282. The molecule has 0 radical (unpaired) electrons. The van der Waals surface area contributed by atoms with Gasteiger partial charge in [0.1, 0.15) is 5.75 Å². The van der Waals surface area contributed by atoms with E-state index in [0.29, 0.717) is 16.5 Å². The van der Waals surface area contributed by atoms with Crippen LogP contribution >= 0.6 is 23.2 Å². The maximum Gasteiger partial charge on any atom is 0.347 e. The van der Waals surface area contributed by atoms with Crippen molar-refractivity contribution in [1.82, 2.24) is 0 Å². The number of carbonyl (C=O) groups is 2. The van der Waals surface area contributed by atoms with Crippen molar-refractivity contribution in [2.45, 2.75) is 20.0 Å². The van der Waals surface area contributed by atoms with E-state index in [4.69, 9.17) is 32.7 Å². The minimum atomic E-state index is -0.926. The summed E-state index contributed by atoms with van der Waals surface area (Å²) in [6.45, 7) is 3.01. The molecule has 7 heteroatoms. The lowest BCUT2D eigenvalue weighted by Crippen LogP contribution is -2.29. The third-order valence-corrected chi connectivity index (χ3v) is 3.71. The van der Waals surface area contributed by atoms with Crippen LogP contribution in [0.25, 0.3) is 0 Å². The summed E-state index contributed by atoms with van der Waals surface area (Å²) in [5.74, 6) is -0.805. The van der Waals surface area contributed by atoms with Crippen molar-refractivity contribution >= 4 is 40.8 Å². The molecule has 2 aromatic carbocycles. The van der Waals surface area contributed by atoms with Gasteiger partial charge >= 0.3 is 5.97 Å². The number of hydrogen-bond acceptors (Lipinski definition) is 4. The van der Waals surface area contributed by atoms with Crippen molar-refractivity contribution in [2.24, 2.45) is 0 Å². The van der Waals surface area contributed by atoms with Crippen LogP contribution in [0.4, 0.5) is 5.69 Å². The molecule has 0 aliphatic carbocycles. The van der Waals surface area contributed by atoms with Crippen LogP contribution in [0.3, 0.4) is 0 Å². The van der Waals surface area contributed by atoms with Crippen molar-refractivity contribution in [2.75, 3.05) is 11.9 Å². The van der Waals surface area contributed by atoms with Crippen molar-refractivity contribution in [3.63, 3.8) is 0 Å². The van der Waals surface area contributed by atoms with Gasteiger partial charge < -0.3 is 14.8 Å². The lowest BCUT2D eigenvalue weighted by molar-refractivity contribution is -0.153. The summed E-state index contributed by atoms with van der Waals surface area (Å²) >= 11 is 11.8. The second-order valence-corrected chi connectivity index (χ2v) is 6.20. The number of rotatable bonds is 6. The molecule has 1 unspecified atom stereocenters. The molecule has 5 nitrogen and oxygen atoms in total. The molecular formula is C18H17Cl2NO4. The monoisotopic (exact) mass is 381 g/mol. The Balaban J connectivity index is 1.83. The van der Waals surface area contributed by atoms with Crippen LogP contribution in [0.5, 0.6) is 5.75 Å². The largest absolute Gasteiger partial charge is 0.477 e. The van der Waals surface area contributed by atoms with E-state index in [1.807, 2.05) is 25.1 Å². The molecule has 0 spiro atoms. The first kappa shape index (κ1) is 19.1. The second-order valence-electron chi connectivity index (χ2n) is 5.36. The molecule has 1 atom stereocenters. The van der Waals surface area contributed by atoms with Crippen LogP contribution in [0.1, 0.15) is 12.5 Å². The highest BCUT2D eigenvalue weighted by Crippen LogP contribution is 2.28. The van der Waals surface area contributed by atoms with E-state index < -0.39 is 24.6 Å². The molecule has 0 aromatic heterocycles. The number of halogens is 2. The van der Waals surface area contributed by atoms with Crippen LogP contribution in [-0.4, -0.2) is 24.6 Å². The smallest absolute Gasteiger partial charge is 0.347 e. The summed E-state index contributed by atoms with van der Waals surface area (Å²) in [7, 11) is 0. The van der Waals surface area contributed by atoms with Gasteiger partial charge in [-0.1, -0.05) is 35.3 Å². The van der Waals surface area contributed by atoms with Crippen LogP contribution in [0.2, 0.25) is 10.0 Å². The molecule has 2 rings (SSSR count). The first-order valence-electron chi connectivity index (χ1n) is 7.50. The van der Waals surface area contributed by atoms with Gasteiger partial charge in [-0.3, -0.25) is 4.79 Å². The fourth-order valence-corrected chi connectivity index (χ4v) is 2.44. The zero-order chi connectivity index (χ0) is 18.4. The van der Waals surface area contributed by atoms with E-state index >= 15 is 0 Å². The van der Waals surface area contributed by atoms with Crippen LogP contribution < -0.4 is 10.1 Å². The van der Waals surface area contributed by atoms with E-state index in [1.165, 1.54) is 13.0 Å². The third kappa shape index (κ3) is 5.96. The molecule has 2 aromatic rings. The molecule has 0 fully saturated rings. The Morgan fingerprint density at radius 1 is 1.16 bits per heavy atom. The van der Waals surface area contributed by atoms with Gasteiger partial charge in [0, 0.05) is 10.7 Å². The van der Waals surface area contributed by atoms with Crippen molar-refractivity contribution in [3.05, 3.63) is 58.1 Å². The first-order valence-corrected chi connectivity index (χ1v) is 8.25. The van der Waals surface area contributed by atoms with Crippen LogP contribution in [0, 0.1) is 6.92 Å². The van der Waals surface area contributed by atoms with Crippen molar-refractivity contribution in [1.29, 1.82) is 0 Å². The van der Waals surface area contributed by atoms with E-state index in [2.05, 4.69) is 5.32 Å². The van der Waals surface area contributed by atoms with E-state index in [9.17, 15) is 9.59 Å². The van der Waals surface area contributed by atoms with E-state index in [-0.39, 0.29) is 5.02 Å². The number of hydrogen-bond donors (Lipinski definition) is 1. The summed E-state index contributed by atoms with van der Waals surface area (Å²) in [5, 5.41) is 3.39. The lowest BCUT2D eigenvalue weighted by atomic mass is 10.2. The molecule has 1 amide bonds. The highest BCUT2D eigenvalue weighted by molar-refractivity contribution is 6.35. The van der Waals surface area contributed by atoms with E-state index in [0.717, 1.165) is 5.56 Å². The number of esters is 1. The van der Waals surface area contributed by atoms with Gasteiger partial charge in [-0.25, -0.2) is 4.79 Å². The zero-order valence-corrected chi connectivity index (χ0v) is 15.2. The summed E-state index contributed by atoms with van der Waals surface area (Å²) in [6.07, 6.45) is -0.926. The highest BCUT2D eigenvalue weighted by Gasteiger charge is 2.19. The van der Waals surface area contributed by atoms with Gasteiger partial charge in [0.15, 0.2) is 12.7 Å². The molecule has 25 heavy (non-hydrogen) atoms. The molecule has 0 aliphatic heterocycles. The second kappa shape index (κ2) is 8.74. The maximum atomic E-state index is 11.9. The van der Waals surface area contributed by atoms with Gasteiger partial charge in [0.25, 0.3) is 5.91 Å². The molecule has 0 saturated heterocycles. The fraction of sp³-hybridized carbons (Fsp3) is 0.222. The number of anilines is 1. The highest BCUT2D eigenvalue weighted by atomic mass is 35.5. The SMILES string of the molecule is Cc1cccc(NC(=O)COC(=O)C(C)Oc2ccc(Cl)cc2Cl)c1. The molecule has 0 bridgehead atoms. The predicted molar refractivity (Wildman–Crippen MR) is 97.3 cm³/mol. The Hall–Kier alpha value is -2.24. The Labute approximate surface area is 155 Å². The number of ether oxygens (including phenoxy) is 2. The zero-order valence-electron chi connectivity index (χ0n) is 13.7. The Bertz CT molecular complexity index is 779. The van der Waals surface area contributed by atoms with Crippen LogP contribution in [0.15, 0.2) is 42.5 Å². The standard InChI is InChI=1S/C18H17Cl2NO4/c1-11-4-3-5-14(8-11)21-17(22)10-24-18(23)12(2)25-16-7-6-13(19)9-15(16)20/h3-9,12H,10H2,1-2H3,(H,21,22). The molecule has 0 aliphatic rings. The minimum Gasteiger partial charge on any atom is -0.477 e. The Kier molecular flexibility index (Phi) is 6.67. The number of carbonyl (C=O) groups excluding carboxylic acids is 2. The van der Waals surface area contributed by atoms with Crippen molar-refractivity contribution < 1.29 is 19.1 Å². The molecule has 0 saturated carbocycles. The van der Waals surface area contributed by atoms with E-state index in [1.54, 1.807) is 18.2 Å². The van der Waals surface area contributed by atoms with Crippen molar-refractivity contribution in [3.8, 4) is 5.75 Å². The van der Waals surface area contributed by atoms with Gasteiger partial charge in [-0.2, -0.15) is 0 Å². The Morgan fingerprint density at radius 3 is 2.60 bits per heavy atom. The maximum absolute atomic E-state index is 11.9. The van der Waals surface area contributed by atoms with Crippen LogP contribution in [-0.2, 0) is 14.3 Å². The van der Waals surface area contributed by atoms with Gasteiger partial charge in [-0.05, 0) is 49.7 Å². The average Bonchev–Trinajstić information content (AvgIpc) is 2.55. The number of benzene rings is 2. The normalized spacial score (nSPS) is 11.5. The van der Waals surface area contributed by atoms with Gasteiger partial charge in [0.2, 0.25) is 0 Å². The van der Waals surface area contributed by atoms with Gasteiger partial charge in [-0.15, -0.1) is 0 Å². The Morgan fingerprint density at radius 2 is 1.92 bits per heavy atom. The topological polar surface area (TPSA) is 64.6 Å². The fourth-order valence-electron chi connectivity index (χ4n) is 1.98. The first-order chi connectivity index (χ1) is 11.8. The van der Waals surface area contributed by atoms with Gasteiger partial charge in [0.05, 0.1) is 5.02 Å². The number of nitrogens with one attached hydrogen (secondary N) is 1. The summed E-state index contributed by atoms with van der Waals surface area (Å²) < 4.78 is 10.4. The summed E-state index contributed by atoms with van der Waals surface area (Å²) in [5.41, 5.74) is 1.65. The number of amides is 1. The quantitative estimate of drug-likeness (QED) is 0.759. The molecule has 1 N–H and O–H groups in total. The number of aryl methyl sites for hydroxylation is 1. The summed E-state index contributed by atoms with van der Waals surface area (Å²) in [4.78, 5) is 23.8. The molecule has 0 heterocycles. The summed E-state index contributed by atoms with van der Waals surface area (Å²) in [6, 6.07) is 12.0. The average molecular weight is 382 g/mol.